The monoisotopic (exact) mass is 363 g/mol. The van der Waals surface area contributed by atoms with Crippen LogP contribution in [0.1, 0.15) is 25.8 Å². The van der Waals surface area contributed by atoms with Crippen molar-refractivity contribution in [3.8, 4) is 17.3 Å². The Morgan fingerprint density at radius 2 is 1.92 bits per heavy atom. The summed E-state index contributed by atoms with van der Waals surface area (Å²) in [5.41, 5.74) is 0.484. The van der Waals surface area contributed by atoms with Crippen LogP contribution in [0.5, 0.6) is 5.75 Å². The lowest BCUT2D eigenvalue weighted by Crippen LogP contribution is -2.05. The lowest BCUT2D eigenvalue weighted by Gasteiger charge is -2.08. The van der Waals surface area contributed by atoms with E-state index in [0.717, 1.165) is 17.7 Å². The molecule has 9 heteroatoms. The maximum atomic E-state index is 12.5. The number of hydrogen-bond donors (Lipinski definition) is 1. The van der Waals surface area contributed by atoms with E-state index in [9.17, 15) is 8.78 Å². The van der Waals surface area contributed by atoms with E-state index < -0.39 is 6.43 Å². The highest BCUT2D eigenvalue weighted by Gasteiger charge is 2.11. The smallest absolute Gasteiger partial charge is 0.265 e. The summed E-state index contributed by atoms with van der Waals surface area (Å²) >= 11 is 1.13. The molecule has 0 fully saturated rings. The molecule has 0 aromatic carbocycles. The van der Waals surface area contributed by atoms with Gasteiger partial charge in [0.25, 0.3) is 6.43 Å². The molecule has 0 unspecified atom stereocenters. The number of halogens is 2. The topological polar surface area (TPSA) is 72.8 Å². The van der Waals surface area contributed by atoms with Gasteiger partial charge in [-0.15, -0.1) is 0 Å². The van der Waals surface area contributed by atoms with E-state index >= 15 is 0 Å². The van der Waals surface area contributed by atoms with Crippen molar-refractivity contribution in [2.75, 3.05) is 5.32 Å². The van der Waals surface area contributed by atoms with Crippen LogP contribution in [0.4, 0.5) is 19.7 Å². The maximum absolute atomic E-state index is 12.5. The molecule has 0 radical (unpaired) electrons. The Kier molecular flexibility index (Phi) is 5.13. The normalized spacial score (nSPS) is 11.1. The number of nitrogens with one attached hydrogen (secondary N) is 1. The quantitative estimate of drug-likeness (QED) is 0.697. The van der Waals surface area contributed by atoms with Gasteiger partial charge < -0.3 is 10.1 Å². The zero-order valence-corrected chi connectivity index (χ0v) is 14.3. The van der Waals surface area contributed by atoms with Gasteiger partial charge in [0.05, 0.1) is 12.3 Å². The molecule has 3 aromatic rings. The molecule has 3 rings (SSSR count). The average Bonchev–Trinajstić information content (AvgIpc) is 3.04. The second-order valence-corrected chi connectivity index (χ2v) is 6.12. The molecule has 0 amide bonds. The maximum Gasteiger partial charge on any atom is 0.265 e. The number of pyridine rings is 2. The van der Waals surface area contributed by atoms with E-state index in [2.05, 4.69) is 24.6 Å². The predicted molar refractivity (Wildman–Crippen MR) is 91.4 cm³/mol. The summed E-state index contributed by atoms with van der Waals surface area (Å²) in [7, 11) is 0. The highest BCUT2D eigenvalue weighted by molar-refractivity contribution is 7.09. The molecule has 1 N–H and O–H groups in total. The summed E-state index contributed by atoms with van der Waals surface area (Å²) in [5.74, 6) is 1.56. The molecule has 3 heterocycles. The number of aromatic nitrogens is 4. The molecule has 3 aromatic heterocycles. The molecule has 0 aliphatic heterocycles. The number of nitrogens with zero attached hydrogens (tertiary/aromatic N) is 4. The van der Waals surface area contributed by atoms with E-state index in [1.54, 1.807) is 18.3 Å². The molecule has 130 valence electrons. The van der Waals surface area contributed by atoms with Gasteiger partial charge in [0, 0.05) is 23.3 Å². The van der Waals surface area contributed by atoms with Crippen LogP contribution >= 0.6 is 11.5 Å². The number of hydrogen-bond acceptors (Lipinski definition) is 7. The summed E-state index contributed by atoms with van der Waals surface area (Å²) in [6.45, 7) is 3.88. The Balaban J connectivity index is 1.69. The van der Waals surface area contributed by atoms with Gasteiger partial charge in [-0.3, -0.25) is 0 Å². The van der Waals surface area contributed by atoms with Crippen molar-refractivity contribution >= 4 is 22.5 Å². The minimum absolute atomic E-state index is 0.0739. The third kappa shape index (κ3) is 4.44. The van der Waals surface area contributed by atoms with Crippen molar-refractivity contribution in [1.29, 1.82) is 0 Å². The van der Waals surface area contributed by atoms with Crippen LogP contribution in [-0.4, -0.2) is 25.4 Å². The number of rotatable bonds is 6. The van der Waals surface area contributed by atoms with Crippen molar-refractivity contribution in [3.05, 3.63) is 42.2 Å². The molecule has 0 aliphatic rings. The third-order valence-electron chi connectivity index (χ3n) is 3.04. The van der Waals surface area contributed by atoms with Gasteiger partial charge in [-0.1, -0.05) is 0 Å². The summed E-state index contributed by atoms with van der Waals surface area (Å²) < 4.78 is 34.8. The van der Waals surface area contributed by atoms with Gasteiger partial charge in [-0.2, -0.15) is 9.36 Å². The zero-order valence-electron chi connectivity index (χ0n) is 13.5. The number of alkyl halides is 2. The Morgan fingerprint density at radius 1 is 1.08 bits per heavy atom. The van der Waals surface area contributed by atoms with Crippen LogP contribution in [0.25, 0.3) is 11.5 Å². The van der Waals surface area contributed by atoms with Crippen molar-refractivity contribution in [2.24, 2.45) is 0 Å². The fourth-order valence-corrected chi connectivity index (χ4v) is 2.54. The molecule has 0 atom stereocenters. The Labute approximate surface area is 147 Å². The van der Waals surface area contributed by atoms with Crippen LogP contribution in [0, 0.1) is 0 Å². The fourth-order valence-electron chi connectivity index (χ4n) is 1.95. The van der Waals surface area contributed by atoms with Gasteiger partial charge >= 0.3 is 0 Å². The summed E-state index contributed by atoms with van der Waals surface area (Å²) in [6.07, 6.45) is 0.283. The van der Waals surface area contributed by atoms with Gasteiger partial charge in [-0.25, -0.2) is 18.7 Å². The van der Waals surface area contributed by atoms with Crippen molar-refractivity contribution < 1.29 is 13.5 Å². The van der Waals surface area contributed by atoms with Crippen molar-refractivity contribution in [3.63, 3.8) is 0 Å². The third-order valence-corrected chi connectivity index (χ3v) is 3.67. The first-order valence-corrected chi connectivity index (χ1v) is 8.26. The molecule has 0 spiro atoms. The summed E-state index contributed by atoms with van der Waals surface area (Å²) in [4.78, 5) is 12.5. The largest absolute Gasteiger partial charge is 0.489 e. The van der Waals surface area contributed by atoms with E-state index in [1.807, 2.05) is 13.8 Å². The molecule has 0 aliphatic carbocycles. The van der Waals surface area contributed by atoms with Crippen LogP contribution < -0.4 is 10.1 Å². The number of ether oxygens (including phenoxy) is 1. The van der Waals surface area contributed by atoms with Gasteiger partial charge in [-0.05, 0) is 38.1 Å². The van der Waals surface area contributed by atoms with E-state index in [-0.39, 0.29) is 11.7 Å². The second kappa shape index (κ2) is 7.47. The Bertz CT molecular complexity index is 821. The predicted octanol–water partition coefficient (Wildman–Crippen LogP) is 4.46. The zero-order chi connectivity index (χ0) is 17.8. The number of anilines is 2. The van der Waals surface area contributed by atoms with Gasteiger partial charge in [0.2, 0.25) is 5.13 Å². The van der Waals surface area contributed by atoms with Gasteiger partial charge in [0.1, 0.15) is 17.3 Å². The lowest BCUT2D eigenvalue weighted by atomic mass is 10.3. The van der Waals surface area contributed by atoms with Crippen LogP contribution in [0.2, 0.25) is 0 Å². The van der Waals surface area contributed by atoms with E-state index in [1.165, 1.54) is 12.1 Å². The molecule has 25 heavy (non-hydrogen) atoms. The highest BCUT2D eigenvalue weighted by Crippen LogP contribution is 2.24. The lowest BCUT2D eigenvalue weighted by molar-refractivity contribution is 0.151. The first-order valence-electron chi connectivity index (χ1n) is 7.49. The van der Waals surface area contributed by atoms with Crippen LogP contribution in [0.15, 0.2) is 36.7 Å². The van der Waals surface area contributed by atoms with Crippen LogP contribution in [0.3, 0.4) is 0 Å². The molecular weight excluding hydrogens is 348 g/mol. The first kappa shape index (κ1) is 17.2. The molecule has 0 saturated heterocycles. The second-order valence-electron chi connectivity index (χ2n) is 5.37. The molecule has 0 saturated carbocycles. The van der Waals surface area contributed by atoms with E-state index in [0.29, 0.717) is 28.2 Å². The van der Waals surface area contributed by atoms with Crippen molar-refractivity contribution in [2.45, 2.75) is 26.4 Å². The molecule has 6 nitrogen and oxygen atoms in total. The summed E-state index contributed by atoms with van der Waals surface area (Å²) in [5, 5.41) is 3.43. The Hall–Kier alpha value is -2.68. The van der Waals surface area contributed by atoms with E-state index in [4.69, 9.17) is 4.74 Å². The van der Waals surface area contributed by atoms with Gasteiger partial charge in [0.15, 0.2) is 5.82 Å². The highest BCUT2D eigenvalue weighted by atomic mass is 32.1. The first-order chi connectivity index (χ1) is 12.0. The average molecular weight is 363 g/mol. The fraction of sp³-hybridized carbons (Fsp3) is 0.250. The van der Waals surface area contributed by atoms with Crippen LogP contribution in [-0.2, 0) is 0 Å². The minimum atomic E-state index is -2.54. The standard InChI is InChI=1S/C16H15F2N5OS/c1-9(2)24-11-4-5-12(19-8-11)15-22-16(25-23-15)21-13-6-3-10(7-20-13)14(17)18/h3-9,14H,1-2H3,(H,20,21,22,23). The minimum Gasteiger partial charge on any atom is -0.489 e. The van der Waals surface area contributed by atoms with Crippen molar-refractivity contribution in [1.82, 2.24) is 19.3 Å². The SMILES string of the molecule is CC(C)Oc1ccc(-c2nsc(Nc3ccc(C(F)F)cn3)n2)nc1. The summed E-state index contributed by atoms with van der Waals surface area (Å²) in [6, 6.07) is 6.37. The Morgan fingerprint density at radius 3 is 2.52 bits per heavy atom. The molecular formula is C16H15F2N5OS. The molecule has 0 bridgehead atoms.